The lowest BCUT2D eigenvalue weighted by atomic mass is 9.86. The minimum atomic E-state index is -1.85. The first-order valence-electron chi connectivity index (χ1n) is 6.93. The SMILES string of the molecule is C#CC(N)(CC(=C)CC(Cc1ccccc1)C(=O)ON)C(=O)O. The van der Waals surface area contributed by atoms with Crippen LogP contribution in [0.5, 0.6) is 0 Å². The fourth-order valence-electron chi connectivity index (χ4n) is 2.24. The second kappa shape index (κ2) is 8.13. The largest absolute Gasteiger partial charge is 0.479 e. The minimum absolute atomic E-state index is 0.137. The van der Waals surface area contributed by atoms with Crippen molar-refractivity contribution in [2.45, 2.75) is 24.8 Å². The predicted molar refractivity (Wildman–Crippen MR) is 85.7 cm³/mol. The molecule has 0 aliphatic carbocycles. The molecule has 0 amide bonds. The van der Waals surface area contributed by atoms with Crippen LogP contribution < -0.4 is 11.6 Å². The molecular weight excluding hydrogens is 296 g/mol. The van der Waals surface area contributed by atoms with Gasteiger partial charge in [-0.05, 0) is 18.4 Å². The second-order valence-electron chi connectivity index (χ2n) is 5.38. The van der Waals surface area contributed by atoms with Crippen LogP contribution in [0.3, 0.4) is 0 Å². The van der Waals surface area contributed by atoms with Crippen LogP contribution in [-0.4, -0.2) is 22.6 Å². The van der Waals surface area contributed by atoms with E-state index in [1.165, 1.54) is 0 Å². The molecule has 0 fully saturated rings. The summed E-state index contributed by atoms with van der Waals surface area (Å²) in [6.07, 6.45) is 5.62. The zero-order valence-electron chi connectivity index (χ0n) is 12.7. The third-order valence-corrected chi connectivity index (χ3v) is 3.48. The first kappa shape index (κ1) is 18.4. The van der Waals surface area contributed by atoms with Gasteiger partial charge in [-0.2, -0.15) is 5.90 Å². The van der Waals surface area contributed by atoms with Crippen molar-refractivity contribution in [3.8, 4) is 12.3 Å². The zero-order chi connectivity index (χ0) is 17.5. The summed E-state index contributed by atoms with van der Waals surface area (Å²) in [5, 5.41) is 9.09. The van der Waals surface area contributed by atoms with E-state index in [2.05, 4.69) is 17.3 Å². The number of carboxylic acid groups (broad SMARTS) is 1. The quantitative estimate of drug-likeness (QED) is 0.374. The molecular formula is C17H20N2O4. The number of carbonyl (C=O) groups excluding carboxylic acids is 1. The van der Waals surface area contributed by atoms with Gasteiger partial charge in [0.2, 0.25) is 0 Å². The molecule has 0 spiro atoms. The fourth-order valence-corrected chi connectivity index (χ4v) is 2.24. The lowest BCUT2D eigenvalue weighted by Gasteiger charge is -2.21. The second-order valence-corrected chi connectivity index (χ2v) is 5.38. The Labute approximate surface area is 135 Å². The molecule has 1 aromatic carbocycles. The molecule has 0 saturated carbocycles. The molecule has 6 heteroatoms. The van der Waals surface area contributed by atoms with Gasteiger partial charge in [0.15, 0.2) is 5.54 Å². The van der Waals surface area contributed by atoms with E-state index in [1.54, 1.807) is 0 Å². The lowest BCUT2D eigenvalue weighted by Crippen LogP contribution is -2.47. The monoisotopic (exact) mass is 316 g/mol. The molecule has 0 aliphatic heterocycles. The molecule has 0 bridgehead atoms. The lowest BCUT2D eigenvalue weighted by molar-refractivity contribution is -0.149. The van der Waals surface area contributed by atoms with Crippen LogP contribution in [-0.2, 0) is 20.8 Å². The van der Waals surface area contributed by atoms with Crippen LogP contribution in [0.25, 0.3) is 0 Å². The highest BCUT2D eigenvalue weighted by Crippen LogP contribution is 2.23. The number of hydrogen-bond donors (Lipinski definition) is 3. The standard InChI is InChI=1S/C17H20N2O4/c1-3-17(18,16(21)22)11-12(2)9-14(15(20)23-19)10-13-7-5-4-6-8-13/h1,4-8,14H,2,9-11,18-19H2,(H,21,22). The van der Waals surface area contributed by atoms with Gasteiger partial charge in [0.25, 0.3) is 0 Å². The highest BCUT2D eigenvalue weighted by molar-refractivity contribution is 5.83. The van der Waals surface area contributed by atoms with Crippen molar-refractivity contribution in [2.24, 2.45) is 17.5 Å². The Morgan fingerprint density at radius 3 is 2.48 bits per heavy atom. The van der Waals surface area contributed by atoms with E-state index >= 15 is 0 Å². The summed E-state index contributed by atoms with van der Waals surface area (Å²) in [7, 11) is 0. The van der Waals surface area contributed by atoms with Gasteiger partial charge in [-0.15, -0.1) is 6.42 Å². The molecule has 6 nitrogen and oxygen atoms in total. The summed E-state index contributed by atoms with van der Waals surface area (Å²) >= 11 is 0. The maximum atomic E-state index is 11.8. The normalized spacial score (nSPS) is 14.1. The third-order valence-electron chi connectivity index (χ3n) is 3.48. The molecule has 2 atom stereocenters. The van der Waals surface area contributed by atoms with Crippen LogP contribution in [0.15, 0.2) is 42.5 Å². The van der Waals surface area contributed by atoms with E-state index in [1.807, 2.05) is 30.3 Å². The van der Waals surface area contributed by atoms with Crippen LogP contribution in [0, 0.1) is 18.3 Å². The third kappa shape index (κ3) is 5.25. The van der Waals surface area contributed by atoms with Gasteiger partial charge < -0.3 is 15.7 Å². The van der Waals surface area contributed by atoms with Crippen LogP contribution in [0.2, 0.25) is 0 Å². The van der Waals surface area contributed by atoms with Gasteiger partial charge >= 0.3 is 11.9 Å². The Morgan fingerprint density at radius 1 is 1.39 bits per heavy atom. The van der Waals surface area contributed by atoms with E-state index in [0.29, 0.717) is 12.0 Å². The van der Waals surface area contributed by atoms with Crippen LogP contribution >= 0.6 is 0 Å². The van der Waals surface area contributed by atoms with Gasteiger partial charge in [0.1, 0.15) is 0 Å². The number of rotatable bonds is 8. The number of aliphatic carboxylic acids is 1. The zero-order valence-corrected chi connectivity index (χ0v) is 12.7. The van der Waals surface area contributed by atoms with E-state index in [0.717, 1.165) is 5.56 Å². The van der Waals surface area contributed by atoms with Crippen LogP contribution in [0.4, 0.5) is 0 Å². The predicted octanol–water partition coefficient (Wildman–Crippen LogP) is 1.01. The minimum Gasteiger partial charge on any atom is -0.479 e. The number of carbonyl (C=O) groups is 2. The fraction of sp³-hybridized carbons (Fsp3) is 0.294. The van der Waals surface area contributed by atoms with E-state index in [9.17, 15) is 9.59 Å². The van der Waals surface area contributed by atoms with Gasteiger partial charge in [0, 0.05) is 6.42 Å². The van der Waals surface area contributed by atoms with Crippen LogP contribution in [0.1, 0.15) is 18.4 Å². The summed E-state index contributed by atoms with van der Waals surface area (Å²) in [5.41, 5.74) is 5.16. The average Bonchev–Trinajstić information content (AvgIpc) is 2.54. The topological polar surface area (TPSA) is 116 Å². The van der Waals surface area contributed by atoms with Crippen molar-refractivity contribution in [2.75, 3.05) is 0 Å². The number of carboxylic acids is 1. The molecule has 1 aromatic rings. The van der Waals surface area contributed by atoms with E-state index in [-0.39, 0.29) is 12.8 Å². The summed E-state index contributed by atoms with van der Waals surface area (Å²) < 4.78 is 0. The van der Waals surface area contributed by atoms with Crippen molar-refractivity contribution in [3.63, 3.8) is 0 Å². The number of nitrogens with two attached hydrogens (primary N) is 2. The summed E-state index contributed by atoms with van der Waals surface area (Å²) in [6, 6.07) is 9.30. The molecule has 0 heterocycles. The van der Waals surface area contributed by atoms with Crippen molar-refractivity contribution in [3.05, 3.63) is 48.0 Å². The van der Waals surface area contributed by atoms with Crippen molar-refractivity contribution in [1.82, 2.24) is 0 Å². The Balaban J connectivity index is 2.82. The Morgan fingerprint density at radius 2 is 2.00 bits per heavy atom. The first-order valence-corrected chi connectivity index (χ1v) is 6.93. The molecule has 23 heavy (non-hydrogen) atoms. The Kier molecular flexibility index (Phi) is 6.51. The molecule has 122 valence electrons. The highest BCUT2D eigenvalue weighted by Gasteiger charge is 2.33. The number of hydrogen-bond acceptors (Lipinski definition) is 5. The smallest absolute Gasteiger partial charge is 0.336 e. The first-order chi connectivity index (χ1) is 10.8. The van der Waals surface area contributed by atoms with Gasteiger partial charge in [0.05, 0.1) is 5.92 Å². The summed E-state index contributed by atoms with van der Waals surface area (Å²) in [6.45, 7) is 3.78. The molecule has 1 rings (SSSR count). The molecule has 5 N–H and O–H groups in total. The Hall–Kier alpha value is -2.62. The van der Waals surface area contributed by atoms with Gasteiger partial charge in [-0.25, -0.2) is 4.79 Å². The Bertz CT molecular complexity index is 621. The molecule has 2 unspecified atom stereocenters. The maximum absolute atomic E-state index is 11.8. The molecule has 0 aromatic heterocycles. The van der Waals surface area contributed by atoms with Gasteiger partial charge in [-0.1, -0.05) is 48.4 Å². The van der Waals surface area contributed by atoms with E-state index in [4.69, 9.17) is 23.2 Å². The highest BCUT2D eigenvalue weighted by atomic mass is 16.7. The number of terminal acetylenes is 1. The molecule has 0 radical (unpaired) electrons. The average molecular weight is 316 g/mol. The van der Waals surface area contributed by atoms with E-state index < -0.39 is 23.4 Å². The summed E-state index contributed by atoms with van der Waals surface area (Å²) in [5.74, 6) is 4.51. The van der Waals surface area contributed by atoms with Crippen molar-refractivity contribution in [1.29, 1.82) is 0 Å². The van der Waals surface area contributed by atoms with Gasteiger partial charge in [-0.3, -0.25) is 4.79 Å². The maximum Gasteiger partial charge on any atom is 0.336 e. The number of benzene rings is 1. The summed E-state index contributed by atoms with van der Waals surface area (Å²) in [4.78, 5) is 27.3. The molecule has 0 saturated heterocycles. The van der Waals surface area contributed by atoms with Crippen molar-refractivity contribution >= 4 is 11.9 Å². The molecule has 0 aliphatic rings. The van der Waals surface area contributed by atoms with Crippen molar-refractivity contribution < 1.29 is 19.5 Å².